The highest BCUT2D eigenvalue weighted by atomic mass is 14.9. The molecular formula is C12H20N2. The van der Waals surface area contributed by atoms with E-state index in [-0.39, 0.29) is 0 Å². The zero-order valence-corrected chi connectivity index (χ0v) is 9.54. The Morgan fingerprint density at radius 2 is 2.14 bits per heavy atom. The number of aromatic nitrogens is 1. The van der Waals surface area contributed by atoms with Gasteiger partial charge in [0.25, 0.3) is 0 Å². The lowest BCUT2D eigenvalue weighted by Gasteiger charge is -2.19. The third kappa shape index (κ3) is 2.81. The quantitative estimate of drug-likeness (QED) is 0.793. The molecule has 0 aliphatic carbocycles. The van der Waals surface area contributed by atoms with Gasteiger partial charge in [0, 0.05) is 17.9 Å². The summed E-state index contributed by atoms with van der Waals surface area (Å²) in [6, 6.07) is 4.60. The number of hydrogen-bond donors (Lipinski definition) is 1. The van der Waals surface area contributed by atoms with Crippen LogP contribution in [0.25, 0.3) is 0 Å². The Labute approximate surface area is 86.8 Å². The third-order valence-electron chi connectivity index (χ3n) is 2.48. The van der Waals surface area contributed by atoms with Crippen LogP contribution < -0.4 is 5.32 Å². The van der Waals surface area contributed by atoms with Gasteiger partial charge >= 0.3 is 0 Å². The summed E-state index contributed by atoms with van der Waals surface area (Å²) >= 11 is 0. The van der Waals surface area contributed by atoms with E-state index in [0.717, 1.165) is 12.1 Å². The van der Waals surface area contributed by atoms with Crippen molar-refractivity contribution in [3.8, 4) is 0 Å². The highest BCUT2D eigenvalue weighted by molar-refractivity contribution is 5.22. The summed E-state index contributed by atoms with van der Waals surface area (Å²) in [7, 11) is 2.01. The molecule has 2 nitrogen and oxygen atoms in total. The molecule has 0 radical (unpaired) electrons. The first-order valence-corrected chi connectivity index (χ1v) is 5.24. The summed E-state index contributed by atoms with van der Waals surface area (Å²) in [4.78, 5) is 4.32. The van der Waals surface area contributed by atoms with Crippen LogP contribution in [0.5, 0.6) is 0 Å². The van der Waals surface area contributed by atoms with Gasteiger partial charge in [0.1, 0.15) is 0 Å². The summed E-state index contributed by atoms with van der Waals surface area (Å²) in [5, 5.41) is 3.35. The standard InChI is InChI=1S/C12H20N2/c1-9(2)8-12(13-4)11-6-5-7-14-10(11)3/h5-7,9,12-13H,8H2,1-4H3. The largest absolute Gasteiger partial charge is 0.313 e. The number of aryl methyl sites for hydroxylation is 1. The number of pyridine rings is 1. The van der Waals surface area contributed by atoms with Crippen LogP contribution >= 0.6 is 0 Å². The number of rotatable bonds is 4. The van der Waals surface area contributed by atoms with Crippen LogP contribution in [0.1, 0.15) is 37.6 Å². The molecule has 0 fully saturated rings. The first kappa shape index (κ1) is 11.2. The molecule has 0 spiro atoms. The fraction of sp³-hybridized carbons (Fsp3) is 0.583. The van der Waals surface area contributed by atoms with Crippen molar-refractivity contribution in [1.29, 1.82) is 0 Å². The summed E-state index contributed by atoms with van der Waals surface area (Å²) in [5.74, 6) is 0.701. The highest BCUT2D eigenvalue weighted by Crippen LogP contribution is 2.22. The Morgan fingerprint density at radius 1 is 1.43 bits per heavy atom. The predicted molar refractivity (Wildman–Crippen MR) is 60.2 cm³/mol. The molecule has 0 aliphatic heterocycles. The van der Waals surface area contributed by atoms with Crippen LogP contribution in [0.2, 0.25) is 0 Å². The summed E-state index contributed by atoms with van der Waals surface area (Å²) in [5.41, 5.74) is 2.45. The van der Waals surface area contributed by atoms with Crippen molar-refractivity contribution >= 4 is 0 Å². The van der Waals surface area contributed by atoms with Crippen LogP contribution in [-0.2, 0) is 0 Å². The van der Waals surface area contributed by atoms with Crippen molar-refractivity contribution in [1.82, 2.24) is 10.3 Å². The Bertz CT molecular complexity index is 281. The van der Waals surface area contributed by atoms with Crippen LogP contribution in [-0.4, -0.2) is 12.0 Å². The van der Waals surface area contributed by atoms with E-state index in [1.807, 2.05) is 19.3 Å². The van der Waals surface area contributed by atoms with E-state index in [1.165, 1.54) is 5.56 Å². The third-order valence-corrected chi connectivity index (χ3v) is 2.48. The van der Waals surface area contributed by atoms with E-state index in [9.17, 15) is 0 Å². The maximum Gasteiger partial charge on any atom is 0.0420 e. The zero-order chi connectivity index (χ0) is 10.6. The lowest BCUT2D eigenvalue weighted by Crippen LogP contribution is -2.19. The normalized spacial score (nSPS) is 13.2. The van der Waals surface area contributed by atoms with Gasteiger partial charge in [-0.2, -0.15) is 0 Å². The smallest absolute Gasteiger partial charge is 0.0420 e. The van der Waals surface area contributed by atoms with Gasteiger partial charge in [-0.3, -0.25) is 4.98 Å². The molecule has 0 aromatic carbocycles. The van der Waals surface area contributed by atoms with Crippen molar-refractivity contribution in [2.75, 3.05) is 7.05 Å². The monoisotopic (exact) mass is 192 g/mol. The van der Waals surface area contributed by atoms with Gasteiger partial charge < -0.3 is 5.32 Å². The molecule has 1 unspecified atom stereocenters. The molecule has 0 saturated carbocycles. The zero-order valence-electron chi connectivity index (χ0n) is 9.54. The molecule has 0 saturated heterocycles. The maximum atomic E-state index is 4.32. The Hall–Kier alpha value is -0.890. The molecule has 14 heavy (non-hydrogen) atoms. The molecular weight excluding hydrogens is 172 g/mol. The second kappa shape index (κ2) is 5.11. The molecule has 1 aromatic heterocycles. The van der Waals surface area contributed by atoms with Gasteiger partial charge in [-0.25, -0.2) is 0 Å². The van der Waals surface area contributed by atoms with Crippen LogP contribution in [0.4, 0.5) is 0 Å². The van der Waals surface area contributed by atoms with E-state index >= 15 is 0 Å². The second-order valence-corrected chi connectivity index (χ2v) is 4.15. The molecule has 1 heterocycles. The molecule has 1 rings (SSSR count). The van der Waals surface area contributed by atoms with E-state index in [4.69, 9.17) is 0 Å². The summed E-state index contributed by atoms with van der Waals surface area (Å²) < 4.78 is 0. The fourth-order valence-corrected chi connectivity index (χ4v) is 1.74. The van der Waals surface area contributed by atoms with Crippen molar-refractivity contribution < 1.29 is 0 Å². The van der Waals surface area contributed by atoms with Crippen molar-refractivity contribution in [3.05, 3.63) is 29.6 Å². The maximum absolute atomic E-state index is 4.32. The van der Waals surface area contributed by atoms with Gasteiger partial charge in [-0.15, -0.1) is 0 Å². The molecule has 1 atom stereocenters. The van der Waals surface area contributed by atoms with Crippen LogP contribution in [0.3, 0.4) is 0 Å². The van der Waals surface area contributed by atoms with Crippen LogP contribution in [0.15, 0.2) is 18.3 Å². The average molecular weight is 192 g/mol. The molecule has 78 valence electrons. The lowest BCUT2D eigenvalue weighted by molar-refractivity contribution is 0.454. The number of nitrogens with zero attached hydrogens (tertiary/aromatic N) is 1. The van der Waals surface area contributed by atoms with Crippen LogP contribution in [0, 0.1) is 12.8 Å². The Morgan fingerprint density at radius 3 is 2.64 bits per heavy atom. The summed E-state index contributed by atoms with van der Waals surface area (Å²) in [6.07, 6.45) is 3.00. The van der Waals surface area contributed by atoms with Crippen molar-refractivity contribution in [2.24, 2.45) is 5.92 Å². The first-order chi connectivity index (χ1) is 6.65. The summed E-state index contributed by atoms with van der Waals surface area (Å²) in [6.45, 7) is 6.56. The second-order valence-electron chi connectivity index (χ2n) is 4.15. The molecule has 1 N–H and O–H groups in total. The number of nitrogens with one attached hydrogen (secondary N) is 1. The van der Waals surface area contributed by atoms with Crippen molar-refractivity contribution in [3.63, 3.8) is 0 Å². The van der Waals surface area contributed by atoms with Gasteiger partial charge in [0.15, 0.2) is 0 Å². The minimum Gasteiger partial charge on any atom is -0.313 e. The van der Waals surface area contributed by atoms with Gasteiger partial charge in [-0.05, 0) is 37.9 Å². The first-order valence-electron chi connectivity index (χ1n) is 5.24. The van der Waals surface area contributed by atoms with Gasteiger partial charge in [-0.1, -0.05) is 19.9 Å². The van der Waals surface area contributed by atoms with Crippen molar-refractivity contribution in [2.45, 2.75) is 33.2 Å². The topological polar surface area (TPSA) is 24.9 Å². The van der Waals surface area contributed by atoms with E-state index in [0.29, 0.717) is 12.0 Å². The van der Waals surface area contributed by atoms with Gasteiger partial charge in [0.05, 0.1) is 0 Å². The molecule has 0 bridgehead atoms. The Balaban J connectivity index is 2.83. The average Bonchev–Trinajstić information content (AvgIpc) is 2.15. The SMILES string of the molecule is CNC(CC(C)C)c1cccnc1C. The van der Waals surface area contributed by atoms with E-state index in [1.54, 1.807) is 0 Å². The van der Waals surface area contributed by atoms with E-state index in [2.05, 4.69) is 37.1 Å². The van der Waals surface area contributed by atoms with Gasteiger partial charge in [0.2, 0.25) is 0 Å². The molecule has 2 heteroatoms. The molecule has 0 amide bonds. The highest BCUT2D eigenvalue weighted by Gasteiger charge is 2.13. The minimum absolute atomic E-state index is 0.434. The molecule has 0 aliphatic rings. The molecule has 1 aromatic rings. The fourth-order valence-electron chi connectivity index (χ4n) is 1.74. The number of hydrogen-bond acceptors (Lipinski definition) is 2. The lowest BCUT2D eigenvalue weighted by atomic mass is 9.96. The Kier molecular flexibility index (Phi) is 4.08. The van der Waals surface area contributed by atoms with E-state index < -0.39 is 0 Å². The minimum atomic E-state index is 0.434. The predicted octanol–water partition coefficient (Wildman–Crippen LogP) is 2.70.